The molecule has 0 saturated heterocycles. The van der Waals surface area contributed by atoms with Crippen LogP contribution in [0.5, 0.6) is 0 Å². The van der Waals surface area contributed by atoms with E-state index in [0.717, 1.165) is 58.7 Å². The molecule has 0 unspecified atom stereocenters. The zero-order chi connectivity index (χ0) is 23.7. The summed E-state index contributed by atoms with van der Waals surface area (Å²) in [6, 6.07) is 13.2. The molecule has 2 aromatic heterocycles. The fourth-order valence-corrected chi connectivity index (χ4v) is 5.13. The zero-order valence-electron chi connectivity index (χ0n) is 18.1. The number of nitrogens with zero attached hydrogens (tertiary/aromatic N) is 2. The van der Waals surface area contributed by atoms with Gasteiger partial charge in [0.15, 0.2) is 0 Å². The zero-order valence-corrected chi connectivity index (χ0v) is 18.9. The van der Waals surface area contributed by atoms with E-state index in [2.05, 4.69) is 15.0 Å². The van der Waals surface area contributed by atoms with Crippen molar-refractivity contribution in [2.75, 3.05) is 0 Å². The van der Waals surface area contributed by atoms with Crippen molar-refractivity contribution in [3.05, 3.63) is 98.9 Å². The molecule has 0 aliphatic heterocycles. The van der Waals surface area contributed by atoms with E-state index < -0.39 is 11.9 Å². The molecule has 2 heterocycles. The fourth-order valence-electron chi connectivity index (χ4n) is 4.37. The average Bonchev–Trinajstić information content (AvgIpc) is 3.43. The highest BCUT2D eigenvalue weighted by atomic mass is 32.1. The van der Waals surface area contributed by atoms with Gasteiger partial charge in [-0.25, -0.2) is 9.64 Å². The molecule has 2 aromatic carbocycles. The minimum atomic E-state index is -1.00. The van der Waals surface area contributed by atoms with Crippen LogP contribution >= 0.6 is 11.3 Å². The smallest absolute Gasteiger partial charge is 0.328 e. The number of halogens is 1. The van der Waals surface area contributed by atoms with Crippen LogP contribution in [0, 0.1) is 18.4 Å². The molecule has 34 heavy (non-hydrogen) atoms. The highest BCUT2D eigenvalue weighted by Gasteiger charge is 2.29. The molecule has 1 aliphatic carbocycles. The van der Waals surface area contributed by atoms with Crippen LogP contribution in [0.1, 0.15) is 41.5 Å². The van der Waals surface area contributed by atoms with Crippen LogP contribution in [-0.4, -0.2) is 21.3 Å². The molecule has 5 nitrogen and oxygen atoms in total. The number of allylic oxidation sites excluding steroid dienone is 1. The van der Waals surface area contributed by atoms with Gasteiger partial charge in [0.2, 0.25) is 11.6 Å². The first kappa shape index (κ1) is 21.8. The van der Waals surface area contributed by atoms with Crippen molar-refractivity contribution in [2.24, 2.45) is 5.92 Å². The highest BCUT2D eigenvalue weighted by molar-refractivity contribution is 7.08. The number of aromatic nitrogens is 2. The standard InChI is InChI=1S/C27H20FN3O2S/c1-29-23-15-34-14-21(23)26(17-3-2-4-17)25(18-8-5-16(6-9-18)7-12-24(32)33)19-10-11-22-20(13-19)27(28)31-30-22/h5-15,17H,2-4H2,(H,30,31)(H,32,33)/b12-7+,26-25+. The lowest BCUT2D eigenvalue weighted by Crippen LogP contribution is -2.15. The second kappa shape index (κ2) is 9.08. The van der Waals surface area contributed by atoms with E-state index >= 15 is 0 Å². The number of carboxylic acids is 1. The Balaban J connectivity index is 1.76. The van der Waals surface area contributed by atoms with E-state index in [1.807, 2.05) is 47.2 Å². The maximum atomic E-state index is 14.4. The quantitative estimate of drug-likeness (QED) is 0.232. The number of carbonyl (C=O) groups is 1. The lowest BCUT2D eigenvalue weighted by atomic mass is 9.73. The van der Waals surface area contributed by atoms with Gasteiger partial charge in [-0.3, -0.25) is 5.10 Å². The van der Waals surface area contributed by atoms with Gasteiger partial charge >= 0.3 is 5.97 Å². The summed E-state index contributed by atoms with van der Waals surface area (Å²) in [4.78, 5) is 14.6. The van der Waals surface area contributed by atoms with E-state index in [9.17, 15) is 9.18 Å². The van der Waals surface area contributed by atoms with Crippen molar-refractivity contribution in [3.8, 4) is 0 Å². The molecule has 1 aliphatic rings. The number of carboxylic acid groups (broad SMARTS) is 1. The molecule has 0 atom stereocenters. The predicted octanol–water partition coefficient (Wildman–Crippen LogP) is 7.17. The summed E-state index contributed by atoms with van der Waals surface area (Å²) < 4.78 is 14.4. The van der Waals surface area contributed by atoms with Gasteiger partial charge in [0.05, 0.1) is 17.5 Å². The molecule has 168 valence electrons. The Morgan fingerprint density at radius 3 is 2.62 bits per heavy atom. The van der Waals surface area contributed by atoms with Crippen molar-refractivity contribution in [1.29, 1.82) is 0 Å². The third-order valence-electron chi connectivity index (χ3n) is 6.25. The number of benzene rings is 2. The Morgan fingerprint density at radius 1 is 1.18 bits per heavy atom. The van der Waals surface area contributed by atoms with Crippen molar-refractivity contribution >= 4 is 51.1 Å². The van der Waals surface area contributed by atoms with Crippen molar-refractivity contribution in [2.45, 2.75) is 19.3 Å². The Labute approximate surface area is 199 Å². The Hall–Kier alpha value is -4.02. The molecule has 4 aromatic rings. The Bertz CT molecular complexity index is 1480. The summed E-state index contributed by atoms with van der Waals surface area (Å²) in [5.74, 6) is -1.17. The maximum absolute atomic E-state index is 14.4. The van der Waals surface area contributed by atoms with Gasteiger partial charge in [-0.2, -0.15) is 20.8 Å². The molecular weight excluding hydrogens is 449 g/mol. The number of H-pyrrole nitrogens is 1. The number of aliphatic carboxylic acids is 1. The third-order valence-corrected chi connectivity index (χ3v) is 6.98. The number of aromatic amines is 1. The van der Waals surface area contributed by atoms with Crippen molar-refractivity contribution in [3.63, 3.8) is 0 Å². The summed E-state index contributed by atoms with van der Waals surface area (Å²) in [6.07, 6.45) is 5.86. The van der Waals surface area contributed by atoms with Gasteiger partial charge in [0, 0.05) is 6.08 Å². The number of nitrogens with one attached hydrogen (secondary N) is 1. The van der Waals surface area contributed by atoms with Crippen LogP contribution in [0.25, 0.3) is 33.0 Å². The van der Waals surface area contributed by atoms with Crippen LogP contribution in [0.4, 0.5) is 10.1 Å². The molecule has 2 N–H and O–H groups in total. The third kappa shape index (κ3) is 4.04. The van der Waals surface area contributed by atoms with Gasteiger partial charge in [0.1, 0.15) is 0 Å². The normalized spacial score (nSPS) is 14.7. The van der Waals surface area contributed by atoms with Crippen LogP contribution in [0.2, 0.25) is 0 Å². The topological polar surface area (TPSA) is 70.3 Å². The monoisotopic (exact) mass is 469 g/mol. The summed E-state index contributed by atoms with van der Waals surface area (Å²) in [5.41, 5.74) is 6.73. The molecule has 0 spiro atoms. The highest BCUT2D eigenvalue weighted by Crippen LogP contribution is 2.48. The summed E-state index contributed by atoms with van der Waals surface area (Å²) in [5, 5.41) is 19.7. The average molecular weight is 470 g/mol. The van der Waals surface area contributed by atoms with E-state index in [4.69, 9.17) is 11.7 Å². The second-order valence-electron chi connectivity index (χ2n) is 8.26. The van der Waals surface area contributed by atoms with Gasteiger partial charge in [-0.05, 0) is 81.1 Å². The molecular formula is C27H20FN3O2S. The molecule has 1 saturated carbocycles. The minimum absolute atomic E-state index is 0.307. The summed E-state index contributed by atoms with van der Waals surface area (Å²) in [6.45, 7) is 7.68. The first-order chi connectivity index (χ1) is 16.5. The number of thiophene rings is 1. The summed E-state index contributed by atoms with van der Waals surface area (Å²) in [7, 11) is 0. The largest absolute Gasteiger partial charge is 0.478 e. The van der Waals surface area contributed by atoms with E-state index in [1.54, 1.807) is 12.1 Å². The number of fused-ring (bicyclic) bond motifs is 1. The SMILES string of the molecule is [C-]#[N+]c1cscc1/C(=C(\c1ccc(/C=C/C(=O)O)cc1)c1ccc2n[nH]c(F)c2c1)C1CCC1. The minimum Gasteiger partial charge on any atom is -0.478 e. The molecule has 0 bridgehead atoms. The number of rotatable bonds is 6. The van der Waals surface area contributed by atoms with Gasteiger partial charge in [-0.15, -0.1) is 0 Å². The molecule has 0 amide bonds. The van der Waals surface area contributed by atoms with Crippen LogP contribution in [0.15, 0.2) is 59.3 Å². The number of hydrogen-bond acceptors (Lipinski definition) is 3. The Kier molecular flexibility index (Phi) is 5.83. The lowest BCUT2D eigenvalue weighted by molar-refractivity contribution is -0.131. The summed E-state index contributed by atoms with van der Waals surface area (Å²) >= 11 is 1.51. The number of hydrogen-bond donors (Lipinski definition) is 2. The van der Waals surface area contributed by atoms with Gasteiger partial charge in [-0.1, -0.05) is 36.8 Å². The van der Waals surface area contributed by atoms with Crippen LogP contribution in [-0.2, 0) is 4.79 Å². The first-order valence-corrected chi connectivity index (χ1v) is 11.8. The van der Waals surface area contributed by atoms with E-state index in [1.165, 1.54) is 11.3 Å². The Morgan fingerprint density at radius 2 is 1.94 bits per heavy atom. The molecule has 0 radical (unpaired) electrons. The molecule has 7 heteroatoms. The first-order valence-electron chi connectivity index (χ1n) is 10.9. The molecule has 1 fully saturated rings. The second-order valence-corrected chi connectivity index (χ2v) is 9.01. The lowest BCUT2D eigenvalue weighted by Gasteiger charge is -2.31. The van der Waals surface area contributed by atoms with Crippen molar-refractivity contribution < 1.29 is 14.3 Å². The van der Waals surface area contributed by atoms with Crippen molar-refractivity contribution in [1.82, 2.24) is 10.2 Å². The fraction of sp³-hybridized carbons (Fsp3) is 0.148. The van der Waals surface area contributed by atoms with E-state index in [-0.39, 0.29) is 0 Å². The predicted molar refractivity (Wildman–Crippen MR) is 133 cm³/mol. The molecule has 5 rings (SSSR count). The van der Waals surface area contributed by atoms with Crippen LogP contribution < -0.4 is 0 Å². The van der Waals surface area contributed by atoms with Gasteiger partial charge in [0.25, 0.3) is 0 Å². The van der Waals surface area contributed by atoms with Gasteiger partial charge < -0.3 is 5.11 Å². The maximum Gasteiger partial charge on any atom is 0.328 e. The van der Waals surface area contributed by atoms with E-state index in [0.29, 0.717) is 22.5 Å². The van der Waals surface area contributed by atoms with Crippen LogP contribution in [0.3, 0.4) is 0 Å².